The quantitative estimate of drug-likeness (QED) is 0.877. The SMILES string of the molecule is CNCC1CCCN1C(=O)COc1ccc(Br)cc1Cl. The molecule has 1 aromatic rings. The van der Waals surface area contributed by atoms with Crippen LogP contribution in [0.15, 0.2) is 22.7 Å². The van der Waals surface area contributed by atoms with Crippen LogP contribution in [0.3, 0.4) is 0 Å². The summed E-state index contributed by atoms with van der Waals surface area (Å²) >= 11 is 9.39. The molecule has 1 atom stereocenters. The molecule has 1 unspecified atom stereocenters. The summed E-state index contributed by atoms with van der Waals surface area (Å²) in [6, 6.07) is 5.62. The monoisotopic (exact) mass is 360 g/mol. The Morgan fingerprint density at radius 3 is 3.10 bits per heavy atom. The van der Waals surface area contributed by atoms with Crippen LogP contribution in [0, 0.1) is 0 Å². The molecule has 0 radical (unpaired) electrons. The number of nitrogens with zero attached hydrogens (tertiary/aromatic N) is 1. The van der Waals surface area contributed by atoms with Gasteiger partial charge in [0.05, 0.1) is 5.02 Å². The molecule has 1 aliphatic rings. The van der Waals surface area contributed by atoms with Crippen molar-refractivity contribution in [2.24, 2.45) is 0 Å². The highest BCUT2D eigenvalue weighted by atomic mass is 79.9. The van der Waals surface area contributed by atoms with Gasteiger partial charge in [0.2, 0.25) is 0 Å². The second-order valence-corrected chi connectivity index (χ2v) is 6.13. The smallest absolute Gasteiger partial charge is 0.260 e. The second-order valence-electron chi connectivity index (χ2n) is 4.80. The third kappa shape index (κ3) is 3.87. The number of carbonyl (C=O) groups is 1. The van der Waals surface area contributed by atoms with Crippen molar-refractivity contribution >= 4 is 33.4 Å². The van der Waals surface area contributed by atoms with Gasteiger partial charge < -0.3 is 15.0 Å². The molecular formula is C14H18BrClN2O2. The van der Waals surface area contributed by atoms with Gasteiger partial charge in [0.25, 0.3) is 5.91 Å². The van der Waals surface area contributed by atoms with Gasteiger partial charge in [-0.25, -0.2) is 0 Å². The Balaban J connectivity index is 1.91. The van der Waals surface area contributed by atoms with Gasteiger partial charge in [-0.3, -0.25) is 4.79 Å². The van der Waals surface area contributed by atoms with Crippen molar-refractivity contribution in [2.75, 3.05) is 26.7 Å². The van der Waals surface area contributed by atoms with Crippen molar-refractivity contribution in [1.82, 2.24) is 10.2 Å². The van der Waals surface area contributed by atoms with Gasteiger partial charge in [0.15, 0.2) is 6.61 Å². The number of likely N-dealkylation sites (N-methyl/N-ethyl adjacent to an activating group) is 1. The van der Waals surface area contributed by atoms with E-state index in [1.54, 1.807) is 12.1 Å². The number of amides is 1. The van der Waals surface area contributed by atoms with E-state index in [0.29, 0.717) is 10.8 Å². The van der Waals surface area contributed by atoms with Gasteiger partial charge in [0, 0.05) is 23.6 Å². The summed E-state index contributed by atoms with van der Waals surface area (Å²) in [7, 11) is 1.90. The van der Waals surface area contributed by atoms with Crippen LogP contribution in [0.1, 0.15) is 12.8 Å². The van der Waals surface area contributed by atoms with Crippen LogP contribution in [0.5, 0.6) is 5.75 Å². The Morgan fingerprint density at radius 2 is 2.40 bits per heavy atom. The third-order valence-electron chi connectivity index (χ3n) is 3.38. The van der Waals surface area contributed by atoms with E-state index in [-0.39, 0.29) is 18.6 Å². The van der Waals surface area contributed by atoms with Gasteiger partial charge in [0.1, 0.15) is 5.75 Å². The van der Waals surface area contributed by atoms with Crippen LogP contribution >= 0.6 is 27.5 Å². The van der Waals surface area contributed by atoms with Gasteiger partial charge in [-0.05, 0) is 38.1 Å². The van der Waals surface area contributed by atoms with Crippen molar-refractivity contribution in [2.45, 2.75) is 18.9 Å². The molecule has 0 spiro atoms. The molecule has 110 valence electrons. The average molecular weight is 362 g/mol. The van der Waals surface area contributed by atoms with E-state index < -0.39 is 0 Å². The molecule has 0 aromatic heterocycles. The number of carbonyl (C=O) groups excluding carboxylic acids is 1. The molecule has 4 nitrogen and oxygen atoms in total. The van der Waals surface area contributed by atoms with Crippen molar-refractivity contribution in [3.63, 3.8) is 0 Å². The number of nitrogens with one attached hydrogen (secondary N) is 1. The normalized spacial score (nSPS) is 18.4. The van der Waals surface area contributed by atoms with E-state index in [1.807, 2.05) is 18.0 Å². The first-order chi connectivity index (χ1) is 9.61. The number of hydrogen-bond acceptors (Lipinski definition) is 3. The van der Waals surface area contributed by atoms with Gasteiger partial charge in [-0.1, -0.05) is 27.5 Å². The van der Waals surface area contributed by atoms with Crippen LogP contribution in [0.4, 0.5) is 0 Å². The maximum Gasteiger partial charge on any atom is 0.260 e. The molecule has 0 saturated carbocycles. The van der Waals surface area contributed by atoms with E-state index in [9.17, 15) is 4.79 Å². The fourth-order valence-electron chi connectivity index (χ4n) is 2.43. The molecule has 20 heavy (non-hydrogen) atoms. The summed E-state index contributed by atoms with van der Waals surface area (Å²) in [5.74, 6) is 0.550. The van der Waals surface area contributed by atoms with Crippen molar-refractivity contribution in [1.29, 1.82) is 0 Å². The largest absolute Gasteiger partial charge is 0.482 e. The lowest BCUT2D eigenvalue weighted by molar-refractivity contribution is -0.134. The predicted molar refractivity (Wildman–Crippen MR) is 83.3 cm³/mol. The molecule has 1 fully saturated rings. The lowest BCUT2D eigenvalue weighted by Gasteiger charge is -2.24. The summed E-state index contributed by atoms with van der Waals surface area (Å²) < 4.78 is 6.41. The van der Waals surface area contributed by atoms with Crippen molar-refractivity contribution in [3.8, 4) is 5.75 Å². The predicted octanol–water partition coefficient (Wildman–Crippen LogP) is 2.69. The Hall–Kier alpha value is -0.780. The molecule has 6 heteroatoms. The zero-order valence-corrected chi connectivity index (χ0v) is 13.7. The lowest BCUT2D eigenvalue weighted by atomic mass is 10.2. The summed E-state index contributed by atoms with van der Waals surface area (Å²) in [6.07, 6.45) is 2.10. The molecular weight excluding hydrogens is 344 g/mol. The Kier molecular flexibility index (Phi) is 5.69. The number of benzene rings is 1. The zero-order valence-electron chi connectivity index (χ0n) is 11.4. The third-order valence-corrected chi connectivity index (χ3v) is 4.17. The highest BCUT2D eigenvalue weighted by Gasteiger charge is 2.28. The van der Waals surface area contributed by atoms with Crippen LogP contribution < -0.4 is 10.1 Å². The first kappa shape index (κ1) is 15.6. The number of hydrogen-bond donors (Lipinski definition) is 1. The Bertz CT molecular complexity index is 484. The minimum absolute atomic E-state index is 0.0155. The minimum Gasteiger partial charge on any atom is -0.482 e. The fourth-order valence-corrected chi connectivity index (χ4v) is 3.15. The van der Waals surface area contributed by atoms with E-state index >= 15 is 0 Å². The van der Waals surface area contributed by atoms with Gasteiger partial charge in [-0.2, -0.15) is 0 Å². The molecule has 1 saturated heterocycles. The lowest BCUT2D eigenvalue weighted by Crippen LogP contribution is -2.43. The maximum absolute atomic E-state index is 12.2. The highest BCUT2D eigenvalue weighted by Crippen LogP contribution is 2.28. The molecule has 1 heterocycles. The topological polar surface area (TPSA) is 41.6 Å². The van der Waals surface area contributed by atoms with E-state index in [2.05, 4.69) is 21.2 Å². The molecule has 1 N–H and O–H groups in total. The van der Waals surface area contributed by atoms with E-state index in [0.717, 1.165) is 30.4 Å². The highest BCUT2D eigenvalue weighted by molar-refractivity contribution is 9.10. The van der Waals surface area contributed by atoms with Crippen LogP contribution in [0.25, 0.3) is 0 Å². The van der Waals surface area contributed by atoms with Gasteiger partial charge >= 0.3 is 0 Å². The summed E-state index contributed by atoms with van der Waals surface area (Å²) in [5.41, 5.74) is 0. The van der Waals surface area contributed by atoms with E-state index in [4.69, 9.17) is 16.3 Å². The second kappa shape index (κ2) is 7.29. The van der Waals surface area contributed by atoms with Crippen molar-refractivity contribution in [3.05, 3.63) is 27.7 Å². The minimum atomic E-state index is 0.0155. The average Bonchev–Trinajstić information content (AvgIpc) is 2.86. The summed E-state index contributed by atoms with van der Waals surface area (Å²) in [6.45, 7) is 1.66. The number of halogens is 2. The van der Waals surface area contributed by atoms with Crippen LogP contribution in [0.2, 0.25) is 5.02 Å². The van der Waals surface area contributed by atoms with E-state index in [1.165, 1.54) is 0 Å². The molecule has 2 rings (SSSR count). The molecule has 1 aromatic carbocycles. The number of rotatable bonds is 5. The summed E-state index contributed by atoms with van der Waals surface area (Å²) in [4.78, 5) is 14.1. The van der Waals surface area contributed by atoms with Crippen LogP contribution in [-0.2, 0) is 4.79 Å². The van der Waals surface area contributed by atoms with Crippen molar-refractivity contribution < 1.29 is 9.53 Å². The molecule has 1 amide bonds. The standard InChI is InChI=1S/C14H18BrClN2O2/c1-17-8-11-3-2-6-18(11)14(19)9-20-13-5-4-10(15)7-12(13)16/h4-5,7,11,17H,2-3,6,8-9H2,1H3. The maximum atomic E-state index is 12.2. The molecule has 1 aliphatic heterocycles. The Labute approximate surface area is 132 Å². The number of ether oxygens (including phenoxy) is 1. The van der Waals surface area contributed by atoms with Gasteiger partial charge in [-0.15, -0.1) is 0 Å². The first-order valence-corrected chi connectivity index (χ1v) is 7.81. The zero-order chi connectivity index (χ0) is 14.5. The fraction of sp³-hybridized carbons (Fsp3) is 0.500. The molecule has 0 aliphatic carbocycles. The Morgan fingerprint density at radius 1 is 1.60 bits per heavy atom. The molecule has 0 bridgehead atoms. The number of likely N-dealkylation sites (tertiary alicyclic amines) is 1. The van der Waals surface area contributed by atoms with Crippen LogP contribution in [-0.4, -0.2) is 43.6 Å². The first-order valence-electron chi connectivity index (χ1n) is 6.63. The summed E-state index contributed by atoms with van der Waals surface area (Å²) in [5, 5.41) is 3.62.